The van der Waals surface area contributed by atoms with Gasteiger partial charge in [0, 0.05) is 16.7 Å². The highest BCUT2D eigenvalue weighted by Crippen LogP contribution is 2.38. The minimum absolute atomic E-state index is 0.0190. The van der Waals surface area contributed by atoms with E-state index in [1.165, 1.54) is 18.7 Å². The van der Waals surface area contributed by atoms with Crippen molar-refractivity contribution in [3.05, 3.63) is 113 Å². The van der Waals surface area contributed by atoms with E-state index in [1.807, 2.05) is 91.0 Å². The first-order valence-electron chi connectivity index (χ1n) is 12.0. The summed E-state index contributed by atoms with van der Waals surface area (Å²) in [4.78, 5) is 15.7. The minimum atomic E-state index is -0.701. The molecule has 0 aromatic heterocycles. The van der Waals surface area contributed by atoms with Crippen LogP contribution in [0.25, 0.3) is 10.4 Å². The average molecular weight is 521 g/mol. The first-order valence-corrected chi connectivity index (χ1v) is 12.9. The number of nitrogens with zero attached hydrogens (tertiary/aromatic N) is 3. The van der Waals surface area contributed by atoms with Crippen LogP contribution in [0, 0.1) is 0 Å². The highest BCUT2D eigenvalue weighted by Gasteiger charge is 2.48. The van der Waals surface area contributed by atoms with E-state index in [0.29, 0.717) is 0 Å². The second-order valence-corrected chi connectivity index (χ2v) is 9.67. The Bertz CT molecular complexity index is 1160. The molecule has 0 saturated carbocycles. The summed E-state index contributed by atoms with van der Waals surface area (Å²) in [6, 6.07) is 28.5. The predicted octanol–water partition coefficient (Wildman–Crippen LogP) is 5.92. The van der Waals surface area contributed by atoms with Gasteiger partial charge in [0.1, 0.15) is 30.3 Å². The molecule has 5 atom stereocenters. The van der Waals surface area contributed by atoms with Gasteiger partial charge in [0.2, 0.25) is 0 Å². The second kappa shape index (κ2) is 13.8. The zero-order chi connectivity index (χ0) is 25.9. The molecular formula is C28H29N3O5S. The fourth-order valence-corrected chi connectivity index (χ4v) is 5.19. The topological polar surface area (TPSA) is 103 Å². The SMILES string of the molecule is C[13C](=O)OC[C@H]1OC(Sc2ccccc2)[C@H](N=[N+]=[N-])[C@@H](OCc2ccccc2)[C@H]1OCc1ccccc1. The number of hydrogen-bond acceptors (Lipinski definition) is 7. The monoisotopic (exact) mass is 520 g/mol. The van der Waals surface area contributed by atoms with Gasteiger partial charge in [-0.25, -0.2) is 0 Å². The van der Waals surface area contributed by atoms with Gasteiger partial charge in [-0.3, -0.25) is 4.79 Å². The zero-order valence-electron chi connectivity index (χ0n) is 20.5. The van der Waals surface area contributed by atoms with Crippen LogP contribution in [0.3, 0.4) is 0 Å². The summed E-state index contributed by atoms with van der Waals surface area (Å²) in [6.07, 6.45) is -1.96. The third-order valence-corrected chi connectivity index (χ3v) is 6.98. The van der Waals surface area contributed by atoms with E-state index in [4.69, 9.17) is 18.9 Å². The van der Waals surface area contributed by atoms with Crippen molar-refractivity contribution in [3.63, 3.8) is 0 Å². The van der Waals surface area contributed by atoms with Crippen LogP contribution in [0.4, 0.5) is 0 Å². The molecule has 0 amide bonds. The first-order chi connectivity index (χ1) is 18.1. The Labute approximate surface area is 220 Å². The Morgan fingerprint density at radius 2 is 1.43 bits per heavy atom. The number of azide groups is 1. The van der Waals surface area contributed by atoms with Crippen molar-refractivity contribution in [3.8, 4) is 0 Å². The molecule has 8 nitrogen and oxygen atoms in total. The van der Waals surface area contributed by atoms with Gasteiger partial charge in [0.05, 0.1) is 19.3 Å². The lowest BCUT2D eigenvalue weighted by Crippen LogP contribution is -2.59. The molecule has 1 saturated heterocycles. The lowest BCUT2D eigenvalue weighted by molar-refractivity contribution is -0.210. The van der Waals surface area contributed by atoms with Crippen LogP contribution in [-0.2, 0) is 37.0 Å². The third-order valence-electron chi connectivity index (χ3n) is 5.82. The summed E-state index contributed by atoms with van der Waals surface area (Å²) in [5, 5.41) is 4.11. The molecule has 192 valence electrons. The Balaban J connectivity index is 1.65. The molecule has 1 aliphatic heterocycles. The molecule has 3 aromatic rings. The fourth-order valence-electron chi connectivity index (χ4n) is 4.06. The summed E-state index contributed by atoms with van der Waals surface area (Å²) in [5.74, 6) is -0.420. The fraction of sp³-hybridized carbons (Fsp3) is 0.321. The van der Waals surface area contributed by atoms with Crippen LogP contribution < -0.4 is 0 Å². The van der Waals surface area contributed by atoms with Crippen LogP contribution in [0.1, 0.15) is 18.1 Å². The maximum Gasteiger partial charge on any atom is 0.302 e. The van der Waals surface area contributed by atoms with Gasteiger partial charge < -0.3 is 18.9 Å². The van der Waals surface area contributed by atoms with Crippen LogP contribution in [0.15, 0.2) is 101 Å². The van der Waals surface area contributed by atoms with Crippen molar-refractivity contribution in [1.29, 1.82) is 0 Å². The maximum atomic E-state index is 11.7. The molecule has 1 unspecified atom stereocenters. The quantitative estimate of drug-likeness (QED) is 0.102. The first kappa shape index (κ1) is 26.7. The van der Waals surface area contributed by atoms with E-state index in [9.17, 15) is 10.3 Å². The highest BCUT2D eigenvalue weighted by molar-refractivity contribution is 7.99. The van der Waals surface area contributed by atoms with Crippen molar-refractivity contribution < 1.29 is 23.7 Å². The molecule has 1 fully saturated rings. The summed E-state index contributed by atoms with van der Waals surface area (Å²) in [5.41, 5.74) is 10.8. The lowest BCUT2D eigenvalue weighted by Gasteiger charge is -2.44. The van der Waals surface area contributed by atoms with E-state index in [0.717, 1.165) is 16.0 Å². The number of thioether (sulfide) groups is 1. The number of esters is 1. The molecule has 1 heterocycles. The molecule has 9 heteroatoms. The number of carbonyl (C=O) groups is 1. The van der Waals surface area contributed by atoms with Crippen LogP contribution in [0.2, 0.25) is 0 Å². The molecule has 0 N–H and O–H groups in total. The number of rotatable bonds is 11. The summed E-state index contributed by atoms with van der Waals surface area (Å²) < 4.78 is 24.5. The minimum Gasteiger partial charge on any atom is -0.463 e. The van der Waals surface area contributed by atoms with E-state index >= 15 is 0 Å². The number of hydrogen-bond donors (Lipinski definition) is 0. The predicted molar refractivity (Wildman–Crippen MR) is 141 cm³/mol. The zero-order valence-corrected chi connectivity index (χ0v) is 21.3. The lowest BCUT2D eigenvalue weighted by atomic mass is 9.97. The summed E-state index contributed by atoms with van der Waals surface area (Å²) in [6.45, 7) is 1.91. The van der Waals surface area contributed by atoms with Gasteiger partial charge in [-0.15, -0.1) is 0 Å². The van der Waals surface area contributed by atoms with Crippen molar-refractivity contribution in [2.24, 2.45) is 5.11 Å². The van der Waals surface area contributed by atoms with Crippen LogP contribution in [0.5, 0.6) is 0 Å². The van der Waals surface area contributed by atoms with E-state index < -0.39 is 35.8 Å². The Morgan fingerprint density at radius 3 is 1.97 bits per heavy atom. The largest absolute Gasteiger partial charge is 0.463 e. The molecule has 0 radical (unpaired) electrons. The standard InChI is InChI=1S/C28H29N3O5S/c1-20(32)33-19-24-26(34-17-21-11-5-2-6-12-21)27(35-18-22-13-7-3-8-14-22)25(30-31-29)28(36-24)37-23-15-9-4-10-16-23/h2-16,24-28H,17-19H2,1H3/t24-,25-,26+,27-,28?/m1/s1/i20+1. The molecular weight excluding hydrogens is 491 g/mol. The van der Waals surface area contributed by atoms with Crippen LogP contribution >= 0.6 is 11.8 Å². The Morgan fingerprint density at radius 1 is 0.892 bits per heavy atom. The highest BCUT2D eigenvalue weighted by atomic mass is 32.2. The number of carbonyl (C=O) groups excluding carboxylic acids is 1. The molecule has 3 aromatic carbocycles. The normalized spacial score (nSPS) is 23.1. The van der Waals surface area contributed by atoms with Gasteiger partial charge in [0.15, 0.2) is 0 Å². The van der Waals surface area contributed by atoms with Crippen molar-refractivity contribution in [2.45, 2.75) is 54.8 Å². The van der Waals surface area contributed by atoms with E-state index in [2.05, 4.69) is 10.0 Å². The van der Waals surface area contributed by atoms with E-state index in [-0.39, 0.29) is 19.8 Å². The van der Waals surface area contributed by atoms with Crippen molar-refractivity contribution in [1.82, 2.24) is 0 Å². The smallest absolute Gasteiger partial charge is 0.302 e. The van der Waals surface area contributed by atoms with Gasteiger partial charge in [-0.1, -0.05) is 95.7 Å². The van der Waals surface area contributed by atoms with Gasteiger partial charge in [-0.05, 0) is 28.8 Å². The summed E-state index contributed by atoms with van der Waals surface area (Å²) in [7, 11) is 0. The number of benzene rings is 3. The third kappa shape index (κ3) is 7.82. The molecule has 1 aliphatic rings. The molecule has 4 rings (SSSR count). The van der Waals surface area contributed by atoms with Crippen molar-refractivity contribution in [2.75, 3.05) is 6.61 Å². The van der Waals surface area contributed by atoms with Gasteiger partial charge >= 0.3 is 5.97 Å². The maximum absolute atomic E-state index is 11.7. The molecule has 0 spiro atoms. The summed E-state index contributed by atoms with van der Waals surface area (Å²) >= 11 is 1.43. The van der Waals surface area contributed by atoms with Gasteiger partial charge in [-0.2, -0.15) is 0 Å². The molecule has 37 heavy (non-hydrogen) atoms. The van der Waals surface area contributed by atoms with Crippen molar-refractivity contribution >= 4 is 17.7 Å². The van der Waals surface area contributed by atoms with Crippen LogP contribution in [-0.4, -0.2) is 42.4 Å². The Kier molecular flexibility index (Phi) is 9.99. The Hall–Kier alpha value is -3.33. The number of ether oxygens (including phenoxy) is 4. The molecule has 0 bridgehead atoms. The average Bonchev–Trinajstić information content (AvgIpc) is 2.93. The van der Waals surface area contributed by atoms with E-state index in [1.54, 1.807) is 0 Å². The second-order valence-electron chi connectivity index (χ2n) is 8.49. The van der Waals surface area contributed by atoms with Gasteiger partial charge in [0.25, 0.3) is 0 Å². The molecule has 0 aliphatic carbocycles.